The number of nitrogens with zero attached hydrogens (tertiary/aromatic N) is 1. The SMILES string of the molecule is CC(C)C[C@@H](NC(=O)CN(c1ccc(Cl)cc1)S(=O)(=O)c1ccccc1)c1ccccc1. The molecule has 0 aliphatic heterocycles. The highest BCUT2D eigenvalue weighted by Crippen LogP contribution is 2.26. The van der Waals surface area contributed by atoms with Gasteiger partial charge in [-0.25, -0.2) is 8.42 Å². The van der Waals surface area contributed by atoms with E-state index < -0.39 is 10.0 Å². The van der Waals surface area contributed by atoms with E-state index in [2.05, 4.69) is 19.2 Å². The second kappa shape index (κ2) is 10.7. The molecule has 0 saturated carbocycles. The Morgan fingerprint density at radius 3 is 2.03 bits per heavy atom. The molecule has 0 fully saturated rings. The molecule has 5 nitrogen and oxygen atoms in total. The lowest BCUT2D eigenvalue weighted by atomic mass is 9.97. The third-order valence-electron chi connectivity index (χ3n) is 4.98. The summed E-state index contributed by atoms with van der Waals surface area (Å²) in [6.45, 7) is 3.82. The van der Waals surface area contributed by atoms with Gasteiger partial charge >= 0.3 is 0 Å². The average molecular weight is 471 g/mol. The van der Waals surface area contributed by atoms with Crippen LogP contribution < -0.4 is 9.62 Å². The van der Waals surface area contributed by atoms with E-state index in [4.69, 9.17) is 11.6 Å². The van der Waals surface area contributed by atoms with Gasteiger partial charge in [-0.3, -0.25) is 9.10 Å². The fourth-order valence-electron chi connectivity index (χ4n) is 3.45. The summed E-state index contributed by atoms with van der Waals surface area (Å²) in [6, 6.07) is 24.0. The molecular weight excluding hydrogens is 444 g/mol. The third kappa shape index (κ3) is 6.11. The molecule has 1 atom stereocenters. The second-order valence-corrected chi connectivity index (χ2v) is 10.3. The van der Waals surface area contributed by atoms with Crippen molar-refractivity contribution in [2.75, 3.05) is 10.8 Å². The molecule has 3 rings (SSSR count). The van der Waals surface area contributed by atoms with E-state index in [1.807, 2.05) is 30.3 Å². The highest BCUT2D eigenvalue weighted by molar-refractivity contribution is 7.92. The average Bonchev–Trinajstić information content (AvgIpc) is 2.78. The molecule has 0 unspecified atom stereocenters. The first-order chi connectivity index (χ1) is 15.3. The van der Waals surface area contributed by atoms with Crippen molar-refractivity contribution in [1.82, 2.24) is 5.32 Å². The summed E-state index contributed by atoms with van der Waals surface area (Å²) in [5.74, 6) is -0.0325. The van der Waals surface area contributed by atoms with Crippen molar-refractivity contribution in [2.24, 2.45) is 5.92 Å². The minimum Gasteiger partial charge on any atom is -0.348 e. The summed E-state index contributed by atoms with van der Waals surface area (Å²) in [5.41, 5.74) is 1.35. The minimum absolute atomic E-state index is 0.115. The molecule has 3 aromatic carbocycles. The number of hydrogen-bond donors (Lipinski definition) is 1. The Morgan fingerprint density at radius 2 is 1.47 bits per heavy atom. The monoisotopic (exact) mass is 470 g/mol. The van der Waals surface area contributed by atoms with Gasteiger partial charge in [-0.2, -0.15) is 0 Å². The van der Waals surface area contributed by atoms with Crippen LogP contribution in [0.4, 0.5) is 5.69 Å². The third-order valence-corrected chi connectivity index (χ3v) is 7.02. The standard InChI is InChI=1S/C25H27ClN2O3S/c1-19(2)17-24(20-9-5-3-6-10-20)27-25(29)18-28(22-15-13-21(26)14-16-22)32(30,31)23-11-7-4-8-12-23/h3-16,19,24H,17-18H2,1-2H3,(H,27,29)/t24-/m1/s1. The van der Waals surface area contributed by atoms with Crippen LogP contribution in [0.3, 0.4) is 0 Å². The number of carbonyl (C=O) groups is 1. The van der Waals surface area contributed by atoms with Crippen molar-refractivity contribution in [1.29, 1.82) is 0 Å². The van der Waals surface area contributed by atoms with E-state index in [-0.39, 0.29) is 23.4 Å². The Hall–Kier alpha value is -2.83. The van der Waals surface area contributed by atoms with Crippen LogP contribution in [0.5, 0.6) is 0 Å². The van der Waals surface area contributed by atoms with Crippen molar-refractivity contribution in [2.45, 2.75) is 31.2 Å². The van der Waals surface area contributed by atoms with Crippen LogP contribution in [0.1, 0.15) is 31.9 Å². The number of rotatable bonds is 9. The number of carbonyl (C=O) groups excluding carboxylic acids is 1. The highest BCUT2D eigenvalue weighted by atomic mass is 35.5. The van der Waals surface area contributed by atoms with Gasteiger partial charge in [0.25, 0.3) is 10.0 Å². The Bertz CT molecular complexity index is 1120. The normalized spacial score (nSPS) is 12.4. The number of amides is 1. The molecular formula is C25H27ClN2O3S. The van der Waals surface area contributed by atoms with E-state index in [1.165, 1.54) is 12.1 Å². The van der Waals surface area contributed by atoms with Gasteiger partial charge in [0.2, 0.25) is 5.91 Å². The molecule has 0 aliphatic rings. The summed E-state index contributed by atoms with van der Waals surface area (Å²) >= 11 is 5.99. The van der Waals surface area contributed by atoms with Gasteiger partial charge in [0.05, 0.1) is 16.6 Å². The van der Waals surface area contributed by atoms with Crippen LogP contribution >= 0.6 is 11.6 Å². The van der Waals surface area contributed by atoms with Crippen molar-refractivity contribution >= 4 is 33.2 Å². The predicted octanol–water partition coefficient (Wildman–Crippen LogP) is 5.44. The number of benzene rings is 3. The van der Waals surface area contributed by atoms with Crippen LogP contribution in [0.2, 0.25) is 5.02 Å². The van der Waals surface area contributed by atoms with Crippen LogP contribution in [0.25, 0.3) is 0 Å². The lowest BCUT2D eigenvalue weighted by molar-refractivity contribution is -0.120. The lowest BCUT2D eigenvalue weighted by Crippen LogP contribution is -2.42. The summed E-state index contributed by atoms with van der Waals surface area (Å²) in [5, 5.41) is 3.51. The van der Waals surface area contributed by atoms with Gasteiger partial charge in [0.1, 0.15) is 6.54 Å². The molecule has 0 aromatic heterocycles. The molecule has 32 heavy (non-hydrogen) atoms. The Kier molecular flexibility index (Phi) is 7.94. The molecule has 0 saturated heterocycles. The molecule has 0 radical (unpaired) electrons. The first-order valence-corrected chi connectivity index (χ1v) is 12.3. The molecule has 0 aliphatic carbocycles. The van der Waals surface area contributed by atoms with Crippen molar-refractivity contribution in [3.63, 3.8) is 0 Å². The number of nitrogens with one attached hydrogen (secondary N) is 1. The van der Waals surface area contributed by atoms with Gasteiger partial charge < -0.3 is 5.32 Å². The minimum atomic E-state index is -3.96. The Morgan fingerprint density at radius 1 is 0.906 bits per heavy atom. The first-order valence-electron chi connectivity index (χ1n) is 10.4. The van der Waals surface area contributed by atoms with E-state index in [9.17, 15) is 13.2 Å². The van der Waals surface area contributed by atoms with Crippen LogP contribution in [-0.2, 0) is 14.8 Å². The Labute approximate surface area is 195 Å². The van der Waals surface area contributed by atoms with E-state index in [0.717, 1.165) is 16.3 Å². The molecule has 7 heteroatoms. The topological polar surface area (TPSA) is 66.5 Å². The number of sulfonamides is 1. The predicted molar refractivity (Wildman–Crippen MR) is 129 cm³/mol. The van der Waals surface area contributed by atoms with Crippen LogP contribution in [0.15, 0.2) is 89.8 Å². The number of anilines is 1. The number of halogens is 1. The van der Waals surface area contributed by atoms with Gasteiger partial charge in [-0.1, -0.05) is 74.0 Å². The van der Waals surface area contributed by atoms with E-state index in [1.54, 1.807) is 42.5 Å². The summed E-state index contributed by atoms with van der Waals surface area (Å²) in [7, 11) is -3.96. The first kappa shape index (κ1) is 23.8. The fraction of sp³-hybridized carbons (Fsp3) is 0.240. The zero-order valence-electron chi connectivity index (χ0n) is 18.1. The van der Waals surface area contributed by atoms with Crippen molar-refractivity contribution in [3.8, 4) is 0 Å². The maximum atomic E-state index is 13.4. The summed E-state index contributed by atoms with van der Waals surface area (Å²) in [6.07, 6.45) is 0.738. The summed E-state index contributed by atoms with van der Waals surface area (Å²) < 4.78 is 27.9. The largest absolute Gasteiger partial charge is 0.348 e. The fourth-order valence-corrected chi connectivity index (χ4v) is 5.02. The molecule has 0 bridgehead atoms. The van der Waals surface area contributed by atoms with Crippen molar-refractivity contribution < 1.29 is 13.2 Å². The second-order valence-electron chi connectivity index (χ2n) is 7.96. The molecule has 3 aromatic rings. The van der Waals surface area contributed by atoms with Crippen LogP contribution in [-0.4, -0.2) is 20.9 Å². The van der Waals surface area contributed by atoms with E-state index >= 15 is 0 Å². The van der Waals surface area contributed by atoms with Crippen LogP contribution in [0, 0.1) is 5.92 Å². The quantitative estimate of drug-likeness (QED) is 0.453. The number of hydrogen-bond acceptors (Lipinski definition) is 3. The Balaban J connectivity index is 1.90. The van der Waals surface area contributed by atoms with Crippen molar-refractivity contribution in [3.05, 3.63) is 95.5 Å². The van der Waals surface area contributed by atoms with Gasteiger partial charge in [-0.05, 0) is 54.3 Å². The van der Waals surface area contributed by atoms with Gasteiger partial charge in [0, 0.05) is 5.02 Å². The maximum absolute atomic E-state index is 13.4. The summed E-state index contributed by atoms with van der Waals surface area (Å²) in [4.78, 5) is 13.2. The molecule has 1 N–H and O–H groups in total. The zero-order valence-corrected chi connectivity index (χ0v) is 19.7. The molecule has 0 spiro atoms. The lowest BCUT2D eigenvalue weighted by Gasteiger charge is -2.26. The molecule has 0 heterocycles. The van der Waals surface area contributed by atoms with Gasteiger partial charge in [-0.15, -0.1) is 0 Å². The molecule has 1 amide bonds. The van der Waals surface area contributed by atoms with E-state index in [0.29, 0.717) is 16.6 Å². The zero-order chi connectivity index (χ0) is 23.1. The highest BCUT2D eigenvalue weighted by Gasteiger charge is 2.28. The van der Waals surface area contributed by atoms with Gasteiger partial charge in [0.15, 0.2) is 0 Å². The molecule has 168 valence electrons. The smallest absolute Gasteiger partial charge is 0.264 e. The maximum Gasteiger partial charge on any atom is 0.264 e.